The van der Waals surface area contributed by atoms with E-state index in [1.165, 1.54) is 13.2 Å². The molecule has 0 aliphatic rings. The van der Waals surface area contributed by atoms with Gasteiger partial charge in [-0.2, -0.15) is 4.39 Å². The highest BCUT2D eigenvalue weighted by atomic mass is 32.2. The maximum atomic E-state index is 13.4. The number of amides is 2. The Kier molecular flexibility index (Phi) is 7.10. The molecule has 0 spiro atoms. The summed E-state index contributed by atoms with van der Waals surface area (Å²) < 4.78 is 18.9. The number of hydrogen-bond acceptors (Lipinski definition) is 9. The molecule has 1 heterocycles. The minimum atomic E-state index is -0.992. The van der Waals surface area contributed by atoms with Gasteiger partial charge in [-0.1, -0.05) is 35.2 Å². The molecule has 0 atom stereocenters. The Balaban J connectivity index is 1.55. The van der Waals surface area contributed by atoms with E-state index in [2.05, 4.69) is 20.8 Å². The van der Waals surface area contributed by atoms with Crippen molar-refractivity contribution < 1.29 is 23.6 Å². The van der Waals surface area contributed by atoms with Crippen molar-refractivity contribution in [3.63, 3.8) is 0 Å². The van der Waals surface area contributed by atoms with E-state index in [0.717, 1.165) is 35.2 Å². The van der Waals surface area contributed by atoms with Gasteiger partial charge in [0.2, 0.25) is 16.9 Å². The predicted octanol–water partition coefficient (Wildman–Crippen LogP) is 3.58. The number of methoxy groups -OCH3 is 1. The Morgan fingerprint density at radius 1 is 1.23 bits per heavy atom. The molecule has 0 fully saturated rings. The zero-order valence-electron chi connectivity index (χ0n) is 15.8. The number of benzene rings is 2. The summed E-state index contributed by atoms with van der Waals surface area (Å²) in [5.74, 6) is -1.53. The fourth-order valence-electron chi connectivity index (χ4n) is 2.37. The SMILES string of the molecule is COc1ccccc1C(=O)Nc1nnc(SCC(=O)Nc2ccc(F)c([N+](=O)[O-])c2)s1. The van der Waals surface area contributed by atoms with Crippen LogP contribution in [0.1, 0.15) is 10.4 Å². The smallest absolute Gasteiger partial charge is 0.306 e. The lowest BCUT2D eigenvalue weighted by atomic mass is 10.2. The van der Waals surface area contributed by atoms with Crippen molar-refractivity contribution in [2.45, 2.75) is 4.34 Å². The Hall–Kier alpha value is -3.58. The molecule has 13 heteroatoms. The summed E-state index contributed by atoms with van der Waals surface area (Å²) >= 11 is 2.14. The second-order valence-corrected chi connectivity index (χ2v) is 7.99. The lowest BCUT2D eigenvalue weighted by molar-refractivity contribution is -0.387. The molecule has 2 N–H and O–H groups in total. The van der Waals surface area contributed by atoms with Gasteiger partial charge in [-0.25, -0.2) is 0 Å². The Bertz CT molecular complexity index is 1140. The standard InChI is InChI=1S/C18H14FN5O5S2/c1-29-14-5-3-2-4-11(14)16(26)21-17-22-23-18(31-17)30-9-15(25)20-10-6-7-12(19)13(8-10)24(27)28/h2-8H,9H2,1H3,(H,20,25)(H,21,22,26). The van der Waals surface area contributed by atoms with E-state index in [-0.39, 0.29) is 16.6 Å². The third-order valence-electron chi connectivity index (χ3n) is 3.73. The molecule has 0 aliphatic carbocycles. The third kappa shape index (κ3) is 5.73. The zero-order chi connectivity index (χ0) is 22.4. The van der Waals surface area contributed by atoms with Crippen molar-refractivity contribution in [3.8, 4) is 5.75 Å². The number of halogens is 1. The lowest BCUT2D eigenvalue weighted by Gasteiger charge is -2.06. The molecule has 0 aliphatic heterocycles. The number of nitro groups is 1. The van der Waals surface area contributed by atoms with Gasteiger partial charge in [-0.15, -0.1) is 10.2 Å². The van der Waals surface area contributed by atoms with E-state index < -0.39 is 28.2 Å². The molecule has 0 bridgehead atoms. The van der Waals surface area contributed by atoms with Crippen molar-refractivity contribution >= 4 is 51.4 Å². The molecule has 0 saturated carbocycles. The van der Waals surface area contributed by atoms with Gasteiger partial charge in [-0.05, 0) is 24.3 Å². The quantitative estimate of drug-likeness (QED) is 0.224. The number of aromatic nitrogens is 2. The van der Waals surface area contributed by atoms with E-state index >= 15 is 0 Å². The number of carbonyl (C=O) groups is 2. The average molecular weight is 463 g/mol. The first kappa shape index (κ1) is 22.1. The Labute approximate surface area is 183 Å². The van der Waals surface area contributed by atoms with Crippen molar-refractivity contribution in [2.75, 3.05) is 23.5 Å². The van der Waals surface area contributed by atoms with Crippen LogP contribution in [-0.4, -0.2) is 39.8 Å². The van der Waals surface area contributed by atoms with Gasteiger partial charge >= 0.3 is 5.69 Å². The van der Waals surface area contributed by atoms with E-state index in [9.17, 15) is 24.1 Å². The number of thioether (sulfide) groups is 1. The molecular formula is C18H14FN5O5S2. The van der Waals surface area contributed by atoms with Crippen LogP contribution in [0.15, 0.2) is 46.8 Å². The van der Waals surface area contributed by atoms with Gasteiger partial charge in [0.25, 0.3) is 5.91 Å². The number of hydrogen-bond donors (Lipinski definition) is 2. The topological polar surface area (TPSA) is 136 Å². The summed E-state index contributed by atoms with van der Waals surface area (Å²) in [4.78, 5) is 34.3. The van der Waals surface area contributed by atoms with Crippen LogP contribution in [0.4, 0.5) is 20.9 Å². The molecule has 2 aromatic carbocycles. The number of anilines is 2. The second kappa shape index (κ2) is 9.95. The van der Waals surface area contributed by atoms with Crippen LogP contribution in [0.25, 0.3) is 0 Å². The van der Waals surface area contributed by atoms with Crippen LogP contribution in [0.3, 0.4) is 0 Å². The minimum Gasteiger partial charge on any atom is -0.496 e. The second-order valence-electron chi connectivity index (χ2n) is 5.79. The highest BCUT2D eigenvalue weighted by Crippen LogP contribution is 2.27. The summed E-state index contributed by atoms with van der Waals surface area (Å²) in [5.41, 5.74) is -0.298. The van der Waals surface area contributed by atoms with Gasteiger partial charge in [0.15, 0.2) is 4.34 Å². The first-order chi connectivity index (χ1) is 14.9. The first-order valence-corrected chi connectivity index (χ1v) is 10.3. The summed E-state index contributed by atoms with van der Waals surface area (Å²) in [6.07, 6.45) is 0. The third-order valence-corrected chi connectivity index (χ3v) is 5.70. The van der Waals surface area contributed by atoms with Crippen molar-refractivity contribution in [1.29, 1.82) is 0 Å². The van der Waals surface area contributed by atoms with Gasteiger partial charge in [0.1, 0.15) is 5.75 Å². The van der Waals surface area contributed by atoms with Gasteiger partial charge in [-0.3, -0.25) is 25.0 Å². The van der Waals surface area contributed by atoms with E-state index in [1.807, 2.05) is 0 Å². The maximum Gasteiger partial charge on any atom is 0.306 e. The fourth-order valence-corrected chi connectivity index (χ4v) is 3.92. The number of ether oxygens (including phenoxy) is 1. The average Bonchev–Trinajstić information content (AvgIpc) is 3.20. The molecule has 3 rings (SSSR count). The molecular weight excluding hydrogens is 449 g/mol. The lowest BCUT2D eigenvalue weighted by Crippen LogP contribution is -2.14. The molecule has 31 heavy (non-hydrogen) atoms. The molecule has 0 saturated heterocycles. The van der Waals surface area contributed by atoms with Crippen molar-refractivity contribution in [2.24, 2.45) is 0 Å². The van der Waals surface area contributed by atoms with E-state index in [0.29, 0.717) is 15.7 Å². The minimum absolute atomic E-state index is 0.0692. The van der Waals surface area contributed by atoms with Crippen LogP contribution >= 0.6 is 23.1 Å². The van der Waals surface area contributed by atoms with E-state index in [1.54, 1.807) is 24.3 Å². The Morgan fingerprint density at radius 3 is 2.74 bits per heavy atom. The highest BCUT2D eigenvalue weighted by molar-refractivity contribution is 8.01. The van der Waals surface area contributed by atoms with Crippen LogP contribution in [0, 0.1) is 15.9 Å². The summed E-state index contributed by atoms with van der Waals surface area (Å²) in [5, 5.41) is 23.8. The normalized spacial score (nSPS) is 10.4. The molecule has 0 unspecified atom stereocenters. The molecule has 3 aromatic rings. The zero-order valence-corrected chi connectivity index (χ0v) is 17.5. The highest BCUT2D eigenvalue weighted by Gasteiger charge is 2.17. The molecule has 10 nitrogen and oxygen atoms in total. The van der Waals surface area contributed by atoms with Crippen LogP contribution in [0.2, 0.25) is 0 Å². The molecule has 0 radical (unpaired) electrons. The number of rotatable bonds is 8. The Morgan fingerprint density at radius 2 is 2.00 bits per heavy atom. The molecule has 1 aromatic heterocycles. The molecule has 160 valence electrons. The predicted molar refractivity (Wildman–Crippen MR) is 113 cm³/mol. The maximum absolute atomic E-state index is 13.4. The largest absolute Gasteiger partial charge is 0.496 e. The molecule has 2 amide bonds. The summed E-state index contributed by atoms with van der Waals surface area (Å²) in [7, 11) is 1.46. The number of para-hydroxylation sites is 1. The van der Waals surface area contributed by atoms with Gasteiger partial charge < -0.3 is 10.1 Å². The van der Waals surface area contributed by atoms with E-state index in [4.69, 9.17) is 4.74 Å². The summed E-state index contributed by atoms with van der Waals surface area (Å²) in [6.45, 7) is 0. The number of nitro benzene ring substituents is 1. The summed E-state index contributed by atoms with van der Waals surface area (Å²) in [6, 6.07) is 9.77. The fraction of sp³-hybridized carbons (Fsp3) is 0.111. The van der Waals surface area contributed by atoms with Crippen LogP contribution < -0.4 is 15.4 Å². The van der Waals surface area contributed by atoms with Gasteiger partial charge in [0.05, 0.1) is 23.3 Å². The number of nitrogens with zero attached hydrogens (tertiary/aromatic N) is 3. The van der Waals surface area contributed by atoms with Crippen molar-refractivity contribution in [3.05, 3.63) is 64.0 Å². The number of carbonyl (C=O) groups excluding carboxylic acids is 2. The monoisotopic (exact) mass is 463 g/mol. The number of nitrogens with one attached hydrogen (secondary N) is 2. The van der Waals surface area contributed by atoms with Crippen LogP contribution in [0.5, 0.6) is 5.75 Å². The van der Waals surface area contributed by atoms with Crippen molar-refractivity contribution in [1.82, 2.24) is 10.2 Å². The van der Waals surface area contributed by atoms with Gasteiger partial charge in [0, 0.05) is 11.8 Å². The first-order valence-electron chi connectivity index (χ1n) is 8.52. The van der Waals surface area contributed by atoms with Crippen LogP contribution in [-0.2, 0) is 4.79 Å².